The van der Waals surface area contributed by atoms with Crippen molar-refractivity contribution in [3.8, 4) is 11.1 Å². The molecule has 36 heavy (non-hydrogen) atoms. The summed E-state index contributed by atoms with van der Waals surface area (Å²) in [6.07, 6.45) is 2.23. The Morgan fingerprint density at radius 3 is 2.61 bits per heavy atom. The van der Waals surface area contributed by atoms with Crippen LogP contribution < -0.4 is 5.32 Å². The molecule has 1 aliphatic heterocycles. The number of aliphatic hydroxyl groups excluding tert-OH is 1. The van der Waals surface area contributed by atoms with E-state index in [4.69, 9.17) is 9.72 Å². The fourth-order valence-electron chi connectivity index (χ4n) is 4.33. The van der Waals surface area contributed by atoms with Crippen LogP contribution in [-0.4, -0.2) is 69.2 Å². The van der Waals surface area contributed by atoms with Crippen molar-refractivity contribution in [2.75, 3.05) is 31.6 Å². The number of pyridine rings is 3. The van der Waals surface area contributed by atoms with Crippen LogP contribution in [0.5, 0.6) is 0 Å². The number of carbonyl (C=O) groups excluding carboxylic acids is 2. The fourth-order valence-corrected chi connectivity index (χ4v) is 4.33. The Hall–Kier alpha value is -3.50. The Morgan fingerprint density at radius 1 is 1.19 bits per heavy atom. The van der Waals surface area contributed by atoms with Crippen molar-refractivity contribution in [3.05, 3.63) is 47.5 Å². The highest BCUT2D eigenvalue weighted by Gasteiger charge is 2.43. The number of morpholine rings is 1. The summed E-state index contributed by atoms with van der Waals surface area (Å²) in [5.41, 5.74) is 3.50. The second-order valence-corrected chi connectivity index (χ2v) is 9.25. The maximum Gasteiger partial charge on any atom is 0.273 e. The first-order valence-electron chi connectivity index (χ1n) is 12.1. The van der Waals surface area contributed by atoms with Crippen LogP contribution >= 0.6 is 0 Å². The second kappa shape index (κ2) is 9.87. The van der Waals surface area contributed by atoms with Gasteiger partial charge in [0, 0.05) is 48.1 Å². The second-order valence-electron chi connectivity index (χ2n) is 9.25. The normalized spacial score (nSPS) is 20.3. The minimum absolute atomic E-state index is 0.223. The molecule has 188 valence electrons. The number of hydrogen-bond acceptors (Lipinski definition) is 7. The SMILES string of the molecule is CCC(O)c1cc(C)c(-c2cc3cnc(NC(=O)[C@H]4C[C@H]4F)cc3nc2C(=O)N2CCOCC2)cn1. The van der Waals surface area contributed by atoms with Crippen LogP contribution in [-0.2, 0) is 9.53 Å². The number of anilines is 1. The van der Waals surface area contributed by atoms with E-state index < -0.39 is 24.1 Å². The first-order chi connectivity index (χ1) is 17.4. The summed E-state index contributed by atoms with van der Waals surface area (Å²) < 4.78 is 18.7. The number of fused-ring (bicyclic) bond motifs is 1. The molecule has 2 N–H and O–H groups in total. The molecule has 4 heterocycles. The van der Waals surface area contributed by atoms with Gasteiger partial charge in [0.2, 0.25) is 5.91 Å². The minimum Gasteiger partial charge on any atom is -0.387 e. The predicted octanol–water partition coefficient (Wildman–Crippen LogP) is 3.21. The smallest absolute Gasteiger partial charge is 0.273 e. The Balaban J connectivity index is 1.57. The van der Waals surface area contributed by atoms with Crippen molar-refractivity contribution in [1.82, 2.24) is 19.9 Å². The van der Waals surface area contributed by atoms with Crippen LogP contribution in [0.2, 0.25) is 0 Å². The van der Waals surface area contributed by atoms with Crippen molar-refractivity contribution in [1.29, 1.82) is 0 Å². The van der Waals surface area contributed by atoms with Gasteiger partial charge in [-0.3, -0.25) is 14.6 Å². The standard InChI is InChI=1S/C26H28FN5O4/c1-3-22(33)21-8-14(2)18(13-28-21)16-9-15-12-29-23(31-25(34)17-10-19(17)27)11-20(15)30-24(16)26(35)32-4-6-36-7-5-32/h8-9,11-13,17,19,22,33H,3-7,10H2,1-2H3,(H,29,31,34)/t17-,19+,22?/m0/s1. The van der Waals surface area contributed by atoms with Gasteiger partial charge in [0.25, 0.3) is 5.91 Å². The molecule has 0 spiro atoms. The summed E-state index contributed by atoms with van der Waals surface area (Å²) in [6, 6.07) is 5.26. The number of ether oxygens (including phenoxy) is 1. The van der Waals surface area contributed by atoms with Gasteiger partial charge in [0.05, 0.1) is 36.4 Å². The zero-order valence-electron chi connectivity index (χ0n) is 20.2. The van der Waals surface area contributed by atoms with E-state index in [0.717, 1.165) is 11.1 Å². The topological polar surface area (TPSA) is 118 Å². The lowest BCUT2D eigenvalue weighted by molar-refractivity contribution is -0.117. The molecule has 0 radical (unpaired) electrons. The highest BCUT2D eigenvalue weighted by molar-refractivity contribution is 6.03. The van der Waals surface area contributed by atoms with E-state index in [2.05, 4.69) is 15.3 Å². The number of aliphatic hydroxyl groups is 1. The van der Waals surface area contributed by atoms with Crippen LogP contribution in [0.25, 0.3) is 22.0 Å². The molecule has 10 heteroatoms. The van der Waals surface area contributed by atoms with Crippen LogP contribution in [0, 0.1) is 12.8 Å². The molecule has 1 aliphatic carbocycles. The third-order valence-electron chi connectivity index (χ3n) is 6.65. The van der Waals surface area contributed by atoms with E-state index in [1.807, 2.05) is 26.0 Å². The molecule has 3 atom stereocenters. The van der Waals surface area contributed by atoms with Gasteiger partial charge in [0.1, 0.15) is 17.7 Å². The van der Waals surface area contributed by atoms with Gasteiger partial charge in [0.15, 0.2) is 0 Å². The number of halogens is 1. The van der Waals surface area contributed by atoms with E-state index in [-0.39, 0.29) is 23.8 Å². The van der Waals surface area contributed by atoms with Crippen LogP contribution in [0.4, 0.5) is 10.2 Å². The van der Waals surface area contributed by atoms with E-state index >= 15 is 0 Å². The zero-order chi connectivity index (χ0) is 25.4. The van der Waals surface area contributed by atoms with Crippen LogP contribution in [0.1, 0.15) is 47.6 Å². The van der Waals surface area contributed by atoms with Gasteiger partial charge in [-0.1, -0.05) is 6.92 Å². The third-order valence-corrected chi connectivity index (χ3v) is 6.65. The lowest BCUT2D eigenvalue weighted by Crippen LogP contribution is -2.41. The fraction of sp³-hybridized carbons (Fsp3) is 0.423. The quantitative estimate of drug-likeness (QED) is 0.541. The Bertz CT molecular complexity index is 1330. The van der Waals surface area contributed by atoms with E-state index in [9.17, 15) is 19.1 Å². The van der Waals surface area contributed by atoms with Gasteiger partial charge in [-0.15, -0.1) is 0 Å². The molecular formula is C26H28FN5O4. The number of aromatic nitrogens is 3. The van der Waals surface area contributed by atoms with Crippen molar-refractivity contribution >= 4 is 28.5 Å². The number of nitrogens with zero attached hydrogens (tertiary/aromatic N) is 4. The number of hydrogen-bond donors (Lipinski definition) is 2. The predicted molar refractivity (Wildman–Crippen MR) is 131 cm³/mol. The lowest BCUT2D eigenvalue weighted by atomic mass is 9.97. The van der Waals surface area contributed by atoms with Crippen molar-refractivity contribution < 1.29 is 23.8 Å². The van der Waals surface area contributed by atoms with E-state index in [1.165, 1.54) is 0 Å². The first kappa shape index (κ1) is 24.2. The number of rotatable bonds is 6. The summed E-state index contributed by atoms with van der Waals surface area (Å²) in [4.78, 5) is 40.9. The van der Waals surface area contributed by atoms with Gasteiger partial charge in [-0.05, 0) is 37.5 Å². The summed E-state index contributed by atoms with van der Waals surface area (Å²) >= 11 is 0. The van der Waals surface area contributed by atoms with Crippen molar-refractivity contribution in [3.63, 3.8) is 0 Å². The molecule has 1 unspecified atom stereocenters. The maximum atomic E-state index is 13.6. The molecule has 1 saturated heterocycles. The van der Waals surface area contributed by atoms with Crippen molar-refractivity contribution in [2.24, 2.45) is 5.92 Å². The molecule has 2 aliphatic rings. The summed E-state index contributed by atoms with van der Waals surface area (Å²) in [5, 5.41) is 13.5. The zero-order valence-corrected chi connectivity index (χ0v) is 20.2. The maximum absolute atomic E-state index is 13.6. The molecule has 0 aromatic carbocycles. The van der Waals surface area contributed by atoms with E-state index in [0.29, 0.717) is 54.9 Å². The summed E-state index contributed by atoms with van der Waals surface area (Å²) in [6.45, 7) is 5.61. The number of nitrogens with one attached hydrogen (secondary N) is 1. The minimum atomic E-state index is -1.11. The van der Waals surface area contributed by atoms with Crippen molar-refractivity contribution in [2.45, 2.75) is 39.0 Å². The monoisotopic (exact) mass is 493 g/mol. The molecule has 3 aromatic rings. The largest absolute Gasteiger partial charge is 0.387 e. The number of aryl methyl sites for hydroxylation is 1. The van der Waals surface area contributed by atoms with Gasteiger partial charge < -0.3 is 20.1 Å². The molecular weight excluding hydrogens is 465 g/mol. The van der Waals surface area contributed by atoms with Gasteiger partial charge >= 0.3 is 0 Å². The van der Waals surface area contributed by atoms with Crippen LogP contribution in [0.15, 0.2) is 30.6 Å². The molecule has 3 aromatic heterocycles. The molecule has 0 bridgehead atoms. The number of carbonyl (C=O) groups is 2. The summed E-state index contributed by atoms with van der Waals surface area (Å²) in [7, 11) is 0. The molecule has 2 fully saturated rings. The lowest BCUT2D eigenvalue weighted by Gasteiger charge is -2.27. The number of amides is 2. The average molecular weight is 494 g/mol. The van der Waals surface area contributed by atoms with E-state index in [1.54, 1.807) is 23.4 Å². The molecule has 5 rings (SSSR count). The average Bonchev–Trinajstić information content (AvgIpc) is 3.64. The molecule has 9 nitrogen and oxygen atoms in total. The third kappa shape index (κ3) is 4.78. The summed E-state index contributed by atoms with van der Waals surface area (Å²) in [5.74, 6) is -1.02. The highest BCUT2D eigenvalue weighted by atomic mass is 19.1. The Kier molecular flexibility index (Phi) is 6.63. The Morgan fingerprint density at radius 2 is 1.94 bits per heavy atom. The first-order valence-corrected chi connectivity index (χ1v) is 12.1. The highest BCUT2D eigenvalue weighted by Crippen LogP contribution is 2.35. The van der Waals surface area contributed by atoms with Crippen LogP contribution in [0.3, 0.4) is 0 Å². The van der Waals surface area contributed by atoms with Gasteiger partial charge in [-0.25, -0.2) is 14.4 Å². The molecule has 2 amide bonds. The Labute approximate surface area is 207 Å². The number of alkyl halides is 1. The van der Waals surface area contributed by atoms with Gasteiger partial charge in [-0.2, -0.15) is 0 Å². The molecule has 1 saturated carbocycles.